The number of rotatable bonds is 6. The molecule has 0 saturated carbocycles. The van der Waals surface area contributed by atoms with E-state index in [-0.39, 0.29) is 23.3 Å². The molecule has 0 bridgehead atoms. The lowest BCUT2D eigenvalue weighted by atomic mass is 9.98. The number of benzene rings is 2. The maximum Gasteiger partial charge on any atom is 0.243 e. The number of amides is 1. The first-order chi connectivity index (χ1) is 15.0. The molecule has 2 aliphatic rings. The summed E-state index contributed by atoms with van der Waals surface area (Å²) < 4.78 is 32.6. The minimum Gasteiger partial charge on any atom is -0.497 e. The molecule has 2 heterocycles. The molecule has 166 valence electrons. The van der Waals surface area contributed by atoms with Crippen molar-refractivity contribution in [3.63, 3.8) is 0 Å². The number of sulfonamides is 1. The van der Waals surface area contributed by atoms with Crippen LogP contribution in [0.3, 0.4) is 0 Å². The van der Waals surface area contributed by atoms with E-state index in [1.54, 1.807) is 24.3 Å². The molecule has 1 atom stereocenters. The lowest BCUT2D eigenvalue weighted by Crippen LogP contribution is -2.43. The Morgan fingerprint density at radius 2 is 1.65 bits per heavy atom. The monoisotopic (exact) mass is 443 g/mol. The van der Waals surface area contributed by atoms with Crippen LogP contribution in [0.2, 0.25) is 0 Å². The summed E-state index contributed by atoms with van der Waals surface area (Å²) in [5.41, 5.74) is 1.91. The van der Waals surface area contributed by atoms with Gasteiger partial charge in [-0.3, -0.25) is 4.79 Å². The molecule has 0 aliphatic carbocycles. The van der Waals surface area contributed by atoms with Crippen molar-refractivity contribution in [3.05, 3.63) is 48.5 Å². The van der Waals surface area contributed by atoms with E-state index in [0.29, 0.717) is 25.1 Å². The van der Waals surface area contributed by atoms with Crippen molar-refractivity contribution in [3.8, 4) is 5.75 Å². The lowest BCUT2D eigenvalue weighted by Gasteiger charge is -2.31. The second-order valence-corrected chi connectivity index (χ2v) is 10.0. The number of methoxy groups -OCH3 is 1. The summed E-state index contributed by atoms with van der Waals surface area (Å²) in [6.07, 6.45) is 3.76. The van der Waals surface area contributed by atoms with Gasteiger partial charge in [-0.1, -0.05) is 0 Å². The van der Waals surface area contributed by atoms with E-state index in [4.69, 9.17) is 4.74 Å². The minimum atomic E-state index is -3.65. The van der Waals surface area contributed by atoms with Gasteiger partial charge in [0.2, 0.25) is 15.9 Å². The lowest BCUT2D eigenvalue weighted by molar-refractivity contribution is -0.120. The molecule has 0 spiro atoms. The third-order valence-corrected chi connectivity index (χ3v) is 7.94. The van der Waals surface area contributed by atoms with Gasteiger partial charge < -0.3 is 15.0 Å². The number of ether oxygens (including phenoxy) is 1. The summed E-state index contributed by atoms with van der Waals surface area (Å²) in [5, 5.41) is 2.96. The predicted molar refractivity (Wildman–Crippen MR) is 121 cm³/mol. The van der Waals surface area contributed by atoms with Gasteiger partial charge in [0.15, 0.2) is 0 Å². The average Bonchev–Trinajstić information content (AvgIpc) is 3.35. The van der Waals surface area contributed by atoms with E-state index in [1.807, 2.05) is 24.3 Å². The van der Waals surface area contributed by atoms with E-state index < -0.39 is 10.0 Å². The first kappa shape index (κ1) is 21.6. The maximum absolute atomic E-state index is 13.0. The van der Waals surface area contributed by atoms with Crippen LogP contribution in [0.15, 0.2) is 53.4 Å². The summed E-state index contributed by atoms with van der Waals surface area (Å²) in [5.74, 6) is 0.0918. The molecule has 1 N–H and O–H groups in total. The van der Waals surface area contributed by atoms with Crippen molar-refractivity contribution >= 4 is 27.3 Å². The number of piperidine rings is 1. The molecule has 0 aromatic heterocycles. The van der Waals surface area contributed by atoms with Crippen molar-refractivity contribution in [2.24, 2.45) is 5.92 Å². The Kier molecular flexibility index (Phi) is 6.48. The Labute approximate surface area is 184 Å². The second-order valence-electron chi connectivity index (χ2n) is 8.11. The number of carbonyl (C=O) groups excluding carboxylic acids is 1. The molecule has 2 fully saturated rings. The average molecular weight is 444 g/mol. The van der Waals surface area contributed by atoms with E-state index in [2.05, 4.69) is 10.2 Å². The molecule has 2 aromatic carbocycles. The zero-order valence-corrected chi connectivity index (χ0v) is 18.6. The molecular formula is C23H29N3O4S. The molecule has 7 nitrogen and oxygen atoms in total. The number of hydrogen-bond donors (Lipinski definition) is 1. The summed E-state index contributed by atoms with van der Waals surface area (Å²) in [7, 11) is -2.11. The number of carbonyl (C=O) groups is 1. The van der Waals surface area contributed by atoms with Crippen LogP contribution in [-0.2, 0) is 14.8 Å². The molecule has 0 radical (unpaired) electrons. The van der Waals surface area contributed by atoms with E-state index >= 15 is 0 Å². The van der Waals surface area contributed by atoms with Gasteiger partial charge >= 0.3 is 0 Å². The Morgan fingerprint density at radius 3 is 2.29 bits per heavy atom. The summed E-state index contributed by atoms with van der Waals surface area (Å²) in [6.45, 7) is 2.76. The van der Waals surface area contributed by atoms with Gasteiger partial charge in [-0.25, -0.2) is 8.42 Å². The van der Waals surface area contributed by atoms with Gasteiger partial charge in [-0.2, -0.15) is 4.31 Å². The highest BCUT2D eigenvalue weighted by atomic mass is 32.2. The summed E-state index contributed by atoms with van der Waals surface area (Å²) in [6, 6.07) is 14.2. The molecule has 2 aliphatic heterocycles. The quantitative estimate of drug-likeness (QED) is 0.741. The SMILES string of the molecule is COc1ccc(S(=O)(=O)N2CCCC(C(=O)Nc3ccc(N4CCCC4)cc3)C2)cc1. The molecule has 2 saturated heterocycles. The van der Waals surface area contributed by atoms with Crippen molar-refractivity contribution < 1.29 is 17.9 Å². The topological polar surface area (TPSA) is 79.0 Å². The van der Waals surface area contributed by atoms with Crippen LogP contribution in [0.4, 0.5) is 11.4 Å². The van der Waals surface area contributed by atoms with Gasteiger partial charge in [-0.05, 0) is 74.2 Å². The highest BCUT2D eigenvalue weighted by Gasteiger charge is 2.33. The van der Waals surface area contributed by atoms with Crippen molar-refractivity contribution in [1.82, 2.24) is 4.31 Å². The van der Waals surface area contributed by atoms with Gasteiger partial charge in [0.1, 0.15) is 5.75 Å². The van der Waals surface area contributed by atoms with Crippen LogP contribution in [0.1, 0.15) is 25.7 Å². The normalized spacial score (nSPS) is 19.9. The zero-order valence-electron chi connectivity index (χ0n) is 17.8. The zero-order chi connectivity index (χ0) is 21.8. The van der Waals surface area contributed by atoms with Crippen molar-refractivity contribution in [1.29, 1.82) is 0 Å². The Balaban J connectivity index is 1.39. The first-order valence-corrected chi connectivity index (χ1v) is 12.2. The minimum absolute atomic E-state index is 0.136. The molecule has 31 heavy (non-hydrogen) atoms. The van der Waals surface area contributed by atoms with E-state index in [9.17, 15) is 13.2 Å². The molecule has 1 unspecified atom stereocenters. The highest BCUT2D eigenvalue weighted by Crippen LogP contribution is 2.27. The third-order valence-electron chi connectivity index (χ3n) is 6.06. The number of hydrogen-bond acceptors (Lipinski definition) is 5. The van der Waals surface area contributed by atoms with Crippen LogP contribution in [0, 0.1) is 5.92 Å². The number of nitrogens with zero attached hydrogens (tertiary/aromatic N) is 2. The van der Waals surface area contributed by atoms with E-state index in [1.165, 1.54) is 29.9 Å². The van der Waals surface area contributed by atoms with Crippen molar-refractivity contribution in [2.45, 2.75) is 30.6 Å². The highest BCUT2D eigenvalue weighted by molar-refractivity contribution is 7.89. The van der Waals surface area contributed by atoms with E-state index in [0.717, 1.165) is 18.8 Å². The third kappa shape index (κ3) is 4.85. The van der Waals surface area contributed by atoms with Crippen LogP contribution in [-0.4, -0.2) is 51.9 Å². The van der Waals surface area contributed by atoms with Crippen LogP contribution in [0.5, 0.6) is 5.75 Å². The largest absolute Gasteiger partial charge is 0.497 e. The number of nitrogens with one attached hydrogen (secondary N) is 1. The Hall–Kier alpha value is -2.58. The molecule has 1 amide bonds. The van der Waals surface area contributed by atoms with Crippen molar-refractivity contribution in [2.75, 3.05) is 43.5 Å². The predicted octanol–water partition coefficient (Wildman–Crippen LogP) is 3.33. The van der Waals surface area contributed by atoms with Crippen LogP contribution in [0.25, 0.3) is 0 Å². The maximum atomic E-state index is 13.0. The van der Waals surface area contributed by atoms with Crippen LogP contribution < -0.4 is 15.0 Å². The van der Waals surface area contributed by atoms with Gasteiger partial charge in [-0.15, -0.1) is 0 Å². The molecule has 8 heteroatoms. The van der Waals surface area contributed by atoms with Gasteiger partial charge in [0, 0.05) is 37.6 Å². The molecule has 4 rings (SSSR count). The smallest absolute Gasteiger partial charge is 0.243 e. The second kappa shape index (κ2) is 9.28. The molecular weight excluding hydrogens is 414 g/mol. The fraction of sp³-hybridized carbons (Fsp3) is 0.435. The first-order valence-electron chi connectivity index (χ1n) is 10.8. The summed E-state index contributed by atoms with van der Waals surface area (Å²) in [4.78, 5) is 15.4. The number of anilines is 2. The van der Waals surface area contributed by atoms with Gasteiger partial charge in [0.25, 0.3) is 0 Å². The van der Waals surface area contributed by atoms with Crippen LogP contribution >= 0.6 is 0 Å². The Morgan fingerprint density at radius 1 is 0.968 bits per heavy atom. The summed E-state index contributed by atoms with van der Waals surface area (Å²) >= 11 is 0. The fourth-order valence-corrected chi connectivity index (χ4v) is 5.77. The van der Waals surface area contributed by atoms with Gasteiger partial charge in [0.05, 0.1) is 17.9 Å². The Bertz CT molecular complexity index is 1000. The standard InChI is InChI=1S/C23H29N3O4S/c1-30-21-10-12-22(13-11-21)31(28,29)26-16-4-5-18(17-26)23(27)24-19-6-8-20(9-7-19)25-14-2-3-15-25/h6-13,18H,2-5,14-17H2,1H3,(H,24,27). The molecule has 2 aromatic rings. The fourth-order valence-electron chi connectivity index (χ4n) is 4.25.